The highest BCUT2D eigenvalue weighted by Crippen LogP contribution is 2.38. The standard InChI is InChI=1S/C16H17F3N2O2S/c17-16(18,19)12-3-1-2-11(10-12)15(4-7-23-8-5-15)13(22)21-14-20-6-9-24-14/h1-3,10H,4-9H2,(H,20,21,22). The van der Waals surface area contributed by atoms with Crippen LogP contribution >= 0.6 is 11.8 Å². The van der Waals surface area contributed by atoms with Gasteiger partial charge in [-0.05, 0) is 24.5 Å². The first kappa shape index (κ1) is 17.3. The molecule has 2 aliphatic heterocycles. The Labute approximate surface area is 141 Å². The molecule has 130 valence electrons. The van der Waals surface area contributed by atoms with Crippen LogP contribution in [0.1, 0.15) is 24.0 Å². The Morgan fingerprint density at radius 2 is 2.04 bits per heavy atom. The number of amides is 1. The minimum absolute atomic E-state index is 0.307. The van der Waals surface area contributed by atoms with E-state index in [0.29, 0.717) is 43.3 Å². The van der Waals surface area contributed by atoms with Crippen molar-refractivity contribution in [1.82, 2.24) is 5.32 Å². The summed E-state index contributed by atoms with van der Waals surface area (Å²) in [6, 6.07) is 5.04. The minimum Gasteiger partial charge on any atom is -0.381 e. The van der Waals surface area contributed by atoms with Crippen molar-refractivity contribution in [3.8, 4) is 0 Å². The summed E-state index contributed by atoms with van der Waals surface area (Å²) in [7, 11) is 0. The summed E-state index contributed by atoms with van der Waals surface area (Å²) in [5.41, 5.74) is -1.39. The molecule has 1 aromatic carbocycles. The lowest BCUT2D eigenvalue weighted by Crippen LogP contribution is -2.49. The number of ether oxygens (including phenoxy) is 1. The minimum atomic E-state index is -4.44. The molecule has 3 rings (SSSR count). The van der Waals surface area contributed by atoms with Crippen molar-refractivity contribution >= 4 is 22.8 Å². The molecule has 2 heterocycles. The molecule has 0 unspecified atom stereocenters. The smallest absolute Gasteiger partial charge is 0.381 e. The summed E-state index contributed by atoms with van der Waals surface area (Å²) < 4.78 is 44.4. The first-order chi connectivity index (χ1) is 11.4. The normalized spacial score (nSPS) is 20.5. The number of nitrogens with zero attached hydrogens (tertiary/aromatic N) is 1. The van der Waals surface area contributed by atoms with Gasteiger partial charge in [0.25, 0.3) is 0 Å². The van der Waals surface area contributed by atoms with E-state index < -0.39 is 17.2 Å². The van der Waals surface area contributed by atoms with Crippen LogP contribution in [0.15, 0.2) is 29.3 Å². The quantitative estimate of drug-likeness (QED) is 0.884. The number of rotatable bonds is 2. The van der Waals surface area contributed by atoms with Gasteiger partial charge in [-0.2, -0.15) is 13.2 Å². The number of alkyl halides is 3. The predicted octanol–water partition coefficient (Wildman–Crippen LogP) is 2.97. The Morgan fingerprint density at radius 1 is 1.29 bits per heavy atom. The highest BCUT2D eigenvalue weighted by molar-refractivity contribution is 8.14. The average Bonchev–Trinajstić information content (AvgIpc) is 3.08. The fraction of sp³-hybridized carbons (Fsp3) is 0.500. The van der Waals surface area contributed by atoms with Crippen LogP contribution in [-0.2, 0) is 21.1 Å². The van der Waals surface area contributed by atoms with E-state index >= 15 is 0 Å². The molecular weight excluding hydrogens is 341 g/mol. The van der Waals surface area contributed by atoms with Gasteiger partial charge in [-0.15, -0.1) is 0 Å². The maximum absolute atomic E-state index is 13.0. The number of carbonyl (C=O) groups excluding carboxylic acids is 1. The monoisotopic (exact) mass is 358 g/mol. The molecule has 2 aliphatic rings. The molecule has 0 bridgehead atoms. The summed E-state index contributed by atoms with van der Waals surface area (Å²) in [6.45, 7) is 1.31. The fourth-order valence-corrected chi connectivity index (χ4v) is 3.71. The number of halogens is 3. The van der Waals surface area contributed by atoms with E-state index in [2.05, 4.69) is 10.3 Å². The Morgan fingerprint density at radius 3 is 2.67 bits per heavy atom. The van der Waals surface area contributed by atoms with Crippen LogP contribution < -0.4 is 5.32 Å². The highest BCUT2D eigenvalue weighted by atomic mass is 32.2. The lowest BCUT2D eigenvalue weighted by Gasteiger charge is -2.36. The second-order valence-electron chi connectivity index (χ2n) is 5.76. The topological polar surface area (TPSA) is 50.7 Å². The zero-order valence-electron chi connectivity index (χ0n) is 12.9. The molecule has 4 nitrogen and oxygen atoms in total. The second-order valence-corrected chi connectivity index (χ2v) is 6.85. The van der Waals surface area contributed by atoms with E-state index in [1.165, 1.54) is 17.8 Å². The molecule has 1 fully saturated rings. The number of hydrogen-bond acceptors (Lipinski definition) is 4. The van der Waals surface area contributed by atoms with Gasteiger partial charge in [0.2, 0.25) is 5.91 Å². The van der Waals surface area contributed by atoms with Crippen LogP contribution in [0, 0.1) is 0 Å². The van der Waals surface area contributed by atoms with E-state index in [4.69, 9.17) is 4.74 Å². The molecule has 0 saturated carbocycles. The molecule has 1 N–H and O–H groups in total. The summed E-state index contributed by atoms with van der Waals surface area (Å²) in [4.78, 5) is 17.1. The number of thioether (sulfide) groups is 1. The first-order valence-electron chi connectivity index (χ1n) is 7.66. The van der Waals surface area contributed by atoms with Crippen LogP contribution in [0.25, 0.3) is 0 Å². The SMILES string of the molecule is O=C(NC1=NCCS1)C1(c2cccc(C(F)(F)F)c2)CCOCC1. The molecule has 0 atom stereocenters. The van der Waals surface area contributed by atoms with Gasteiger partial charge >= 0.3 is 6.18 Å². The molecule has 0 aromatic heterocycles. The molecule has 8 heteroatoms. The molecule has 1 aromatic rings. The Bertz CT molecular complexity index is 655. The van der Waals surface area contributed by atoms with Gasteiger partial charge in [0, 0.05) is 19.0 Å². The van der Waals surface area contributed by atoms with Gasteiger partial charge in [-0.1, -0.05) is 30.0 Å². The lowest BCUT2D eigenvalue weighted by molar-refractivity contribution is -0.138. The number of nitrogens with one attached hydrogen (secondary N) is 1. The number of hydrogen-bond donors (Lipinski definition) is 1. The maximum atomic E-state index is 13.0. The molecule has 24 heavy (non-hydrogen) atoms. The van der Waals surface area contributed by atoms with Crippen LogP contribution in [0.3, 0.4) is 0 Å². The van der Waals surface area contributed by atoms with E-state index in [0.717, 1.165) is 17.9 Å². The van der Waals surface area contributed by atoms with Gasteiger partial charge in [0.15, 0.2) is 5.17 Å². The van der Waals surface area contributed by atoms with Crippen LogP contribution in [0.2, 0.25) is 0 Å². The second kappa shape index (κ2) is 6.76. The molecule has 0 spiro atoms. The molecule has 1 saturated heterocycles. The van der Waals surface area contributed by atoms with Crippen molar-refractivity contribution < 1.29 is 22.7 Å². The molecule has 0 radical (unpaired) electrons. The Balaban J connectivity index is 1.95. The van der Waals surface area contributed by atoms with E-state index in [1.54, 1.807) is 6.07 Å². The third-order valence-electron chi connectivity index (χ3n) is 4.33. The van der Waals surface area contributed by atoms with Crippen molar-refractivity contribution in [2.45, 2.75) is 24.4 Å². The van der Waals surface area contributed by atoms with Crippen LogP contribution in [-0.4, -0.2) is 36.6 Å². The fourth-order valence-electron chi connectivity index (χ4n) is 2.99. The molecule has 1 amide bonds. The Kier molecular flexibility index (Phi) is 4.87. The van der Waals surface area contributed by atoms with Gasteiger partial charge in [0.05, 0.1) is 17.5 Å². The summed E-state index contributed by atoms with van der Waals surface area (Å²) in [5, 5.41) is 3.32. The third kappa shape index (κ3) is 3.44. The molecular formula is C16H17F3N2O2S. The summed E-state index contributed by atoms with van der Waals surface area (Å²) in [6.07, 6.45) is -3.75. The zero-order valence-corrected chi connectivity index (χ0v) is 13.7. The predicted molar refractivity (Wildman–Crippen MR) is 86.1 cm³/mol. The molecule has 0 aliphatic carbocycles. The number of benzene rings is 1. The summed E-state index contributed by atoms with van der Waals surface area (Å²) in [5.74, 6) is 0.494. The lowest BCUT2D eigenvalue weighted by atomic mass is 9.73. The van der Waals surface area contributed by atoms with Crippen molar-refractivity contribution in [2.75, 3.05) is 25.5 Å². The summed E-state index contributed by atoms with van der Waals surface area (Å²) >= 11 is 1.44. The van der Waals surface area contributed by atoms with E-state index in [1.807, 2.05) is 0 Å². The zero-order chi connectivity index (χ0) is 17.2. The maximum Gasteiger partial charge on any atom is 0.416 e. The van der Waals surface area contributed by atoms with Crippen molar-refractivity contribution in [3.63, 3.8) is 0 Å². The van der Waals surface area contributed by atoms with Gasteiger partial charge in [0.1, 0.15) is 0 Å². The van der Waals surface area contributed by atoms with Crippen LogP contribution in [0.5, 0.6) is 0 Å². The van der Waals surface area contributed by atoms with Crippen molar-refractivity contribution in [1.29, 1.82) is 0 Å². The average molecular weight is 358 g/mol. The number of aliphatic imine (C=N–C) groups is 1. The Hall–Kier alpha value is -1.54. The van der Waals surface area contributed by atoms with Crippen LogP contribution in [0.4, 0.5) is 13.2 Å². The first-order valence-corrected chi connectivity index (χ1v) is 8.65. The van der Waals surface area contributed by atoms with Gasteiger partial charge in [-0.25, -0.2) is 0 Å². The van der Waals surface area contributed by atoms with E-state index in [-0.39, 0.29) is 5.91 Å². The van der Waals surface area contributed by atoms with Gasteiger partial charge in [-0.3, -0.25) is 9.79 Å². The third-order valence-corrected chi connectivity index (χ3v) is 5.22. The van der Waals surface area contributed by atoms with Gasteiger partial charge < -0.3 is 10.1 Å². The van der Waals surface area contributed by atoms with E-state index in [9.17, 15) is 18.0 Å². The largest absolute Gasteiger partial charge is 0.416 e. The highest BCUT2D eigenvalue weighted by Gasteiger charge is 2.43. The van der Waals surface area contributed by atoms with Crippen molar-refractivity contribution in [2.24, 2.45) is 4.99 Å². The van der Waals surface area contributed by atoms with Crippen molar-refractivity contribution in [3.05, 3.63) is 35.4 Å². The number of carbonyl (C=O) groups is 1. The number of amidine groups is 1.